The molecule has 15 heavy (non-hydrogen) atoms. The molecular weight excluding hydrogens is 192 g/mol. The van der Waals surface area contributed by atoms with Gasteiger partial charge in [-0.3, -0.25) is 0 Å². The van der Waals surface area contributed by atoms with Crippen LogP contribution in [0, 0.1) is 5.92 Å². The lowest BCUT2D eigenvalue weighted by Gasteiger charge is -2.10. The molecule has 3 rings (SSSR count). The van der Waals surface area contributed by atoms with Gasteiger partial charge in [-0.05, 0) is 36.8 Å². The SMILES string of the molecule is NC(c1nc(N2CCCC2)no1)C1CC1. The van der Waals surface area contributed by atoms with Gasteiger partial charge in [0, 0.05) is 13.1 Å². The van der Waals surface area contributed by atoms with Crippen molar-refractivity contribution in [1.82, 2.24) is 10.1 Å². The molecule has 0 aromatic carbocycles. The predicted octanol–water partition coefficient (Wildman–Crippen LogP) is 1.08. The molecule has 5 heteroatoms. The summed E-state index contributed by atoms with van der Waals surface area (Å²) in [6, 6.07) is -0.0474. The molecule has 2 aliphatic rings. The first-order chi connectivity index (χ1) is 7.34. The Morgan fingerprint density at radius 1 is 1.33 bits per heavy atom. The number of nitrogens with zero attached hydrogens (tertiary/aromatic N) is 3. The molecule has 1 unspecified atom stereocenters. The Labute approximate surface area is 88.6 Å². The van der Waals surface area contributed by atoms with Crippen LogP contribution >= 0.6 is 0 Å². The minimum Gasteiger partial charge on any atom is -0.338 e. The van der Waals surface area contributed by atoms with Gasteiger partial charge in [-0.15, -0.1) is 0 Å². The Kier molecular flexibility index (Phi) is 2.12. The lowest BCUT2D eigenvalue weighted by atomic mass is 10.2. The van der Waals surface area contributed by atoms with Crippen LogP contribution in [0.1, 0.15) is 37.6 Å². The lowest BCUT2D eigenvalue weighted by Crippen LogP contribution is -2.19. The molecule has 0 amide bonds. The average Bonchev–Trinajstić information content (AvgIpc) is 2.80. The van der Waals surface area contributed by atoms with Crippen LogP contribution in [-0.2, 0) is 0 Å². The normalized spacial score (nSPS) is 23.4. The summed E-state index contributed by atoms with van der Waals surface area (Å²) in [4.78, 5) is 6.54. The van der Waals surface area contributed by atoms with Gasteiger partial charge >= 0.3 is 0 Å². The molecule has 2 fully saturated rings. The molecule has 0 bridgehead atoms. The van der Waals surface area contributed by atoms with Crippen molar-refractivity contribution in [2.45, 2.75) is 31.7 Å². The number of anilines is 1. The highest BCUT2D eigenvalue weighted by Gasteiger charge is 2.33. The topological polar surface area (TPSA) is 68.2 Å². The van der Waals surface area contributed by atoms with E-state index in [2.05, 4.69) is 15.0 Å². The maximum atomic E-state index is 6.00. The van der Waals surface area contributed by atoms with Gasteiger partial charge in [0.2, 0.25) is 5.89 Å². The van der Waals surface area contributed by atoms with E-state index in [0.29, 0.717) is 11.8 Å². The van der Waals surface area contributed by atoms with Crippen molar-refractivity contribution in [2.75, 3.05) is 18.0 Å². The highest BCUT2D eigenvalue weighted by Crippen LogP contribution is 2.39. The van der Waals surface area contributed by atoms with Gasteiger partial charge in [-0.25, -0.2) is 0 Å². The highest BCUT2D eigenvalue weighted by atomic mass is 16.5. The third-order valence-corrected chi connectivity index (χ3v) is 3.23. The maximum absolute atomic E-state index is 6.00. The summed E-state index contributed by atoms with van der Waals surface area (Å²) in [6.45, 7) is 2.08. The third-order valence-electron chi connectivity index (χ3n) is 3.23. The van der Waals surface area contributed by atoms with E-state index in [1.54, 1.807) is 0 Å². The van der Waals surface area contributed by atoms with E-state index in [1.807, 2.05) is 0 Å². The zero-order chi connectivity index (χ0) is 10.3. The summed E-state index contributed by atoms with van der Waals surface area (Å²) < 4.78 is 5.21. The van der Waals surface area contributed by atoms with E-state index >= 15 is 0 Å². The number of aromatic nitrogens is 2. The summed E-state index contributed by atoms with van der Waals surface area (Å²) in [5, 5.41) is 3.99. The number of hydrogen-bond donors (Lipinski definition) is 1. The fraction of sp³-hybridized carbons (Fsp3) is 0.800. The fourth-order valence-electron chi connectivity index (χ4n) is 2.06. The molecule has 1 aliphatic heterocycles. The van der Waals surface area contributed by atoms with E-state index in [0.717, 1.165) is 19.0 Å². The Balaban J connectivity index is 1.74. The maximum Gasteiger partial charge on any atom is 0.266 e. The van der Waals surface area contributed by atoms with Gasteiger partial charge in [0.15, 0.2) is 0 Å². The highest BCUT2D eigenvalue weighted by molar-refractivity contribution is 5.29. The molecule has 1 aliphatic carbocycles. The van der Waals surface area contributed by atoms with Crippen LogP contribution in [0.25, 0.3) is 0 Å². The standard InChI is InChI=1S/C10H16N4O/c11-8(7-3-4-7)9-12-10(13-15-9)14-5-1-2-6-14/h7-8H,1-6,11H2. The molecule has 1 saturated heterocycles. The van der Waals surface area contributed by atoms with Crippen LogP contribution in [0.4, 0.5) is 5.95 Å². The zero-order valence-corrected chi connectivity index (χ0v) is 8.72. The van der Waals surface area contributed by atoms with Crippen LogP contribution in [0.3, 0.4) is 0 Å². The minimum atomic E-state index is -0.0474. The third kappa shape index (κ3) is 1.71. The molecule has 82 valence electrons. The first kappa shape index (κ1) is 9.15. The number of rotatable bonds is 3. The number of hydrogen-bond acceptors (Lipinski definition) is 5. The van der Waals surface area contributed by atoms with Crippen molar-refractivity contribution >= 4 is 5.95 Å². The quantitative estimate of drug-likeness (QED) is 0.805. The van der Waals surface area contributed by atoms with E-state index in [9.17, 15) is 0 Å². The van der Waals surface area contributed by atoms with Gasteiger partial charge in [0.1, 0.15) is 0 Å². The minimum absolute atomic E-state index is 0.0474. The summed E-state index contributed by atoms with van der Waals surface area (Å²) in [5.41, 5.74) is 6.00. The Hall–Kier alpha value is -1.10. The van der Waals surface area contributed by atoms with Crippen molar-refractivity contribution in [3.63, 3.8) is 0 Å². The molecule has 1 saturated carbocycles. The summed E-state index contributed by atoms with van der Waals surface area (Å²) >= 11 is 0. The summed E-state index contributed by atoms with van der Waals surface area (Å²) in [6.07, 6.45) is 4.84. The van der Waals surface area contributed by atoms with Crippen molar-refractivity contribution in [3.8, 4) is 0 Å². The molecule has 0 spiro atoms. The van der Waals surface area contributed by atoms with Gasteiger partial charge in [0.25, 0.3) is 5.95 Å². The molecule has 2 heterocycles. The van der Waals surface area contributed by atoms with Gasteiger partial charge < -0.3 is 15.2 Å². The molecule has 1 aromatic heterocycles. The van der Waals surface area contributed by atoms with Gasteiger partial charge in [0.05, 0.1) is 6.04 Å². The van der Waals surface area contributed by atoms with E-state index in [1.165, 1.54) is 25.7 Å². The van der Waals surface area contributed by atoms with Crippen molar-refractivity contribution in [1.29, 1.82) is 0 Å². The lowest BCUT2D eigenvalue weighted by molar-refractivity contribution is 0.343. The second kappa shape index (κ2) is 3.48. The number of nitrogens with two attached hydrogens (primary N) is 1. The molecule has 2 N–H and O–H groups in total. The van der Waals surface area contributed by atoms with Crippen LogP contribution in [0.2, 0.25) is 0 Å². The molecule has 5 nitrogen and oxygen atoms in total. The van der Waals surface area contributed by atoms with Crippen LogP contribution in [0.15, 0.2) is 4.52 Å². The first-order valence-corrected chi connectivity index (χ1v) is 5.69. The fourth-order valence-corrected chi connectivity index (χ4v) is 2.06. The average molecular weight is 208 g/mol. The largest absolute Gasteiger partial charge is 0.338 e. The Morgan fingerprint density at radius 2 is 2.07 bits per heavy atom. The van der Waals surface area contributed by atoms with Crippen LogP contribution < -0.4 is 10.6 Å². The van der Waals surface area contributed by atoms with E-state index < -0.39 is 0 Å². The van der Waals surface area contributed by atoms with Crippen molar-refractivity contribution < 1.29 is 4.52 Å². The van der Waals surface area contributed by atoms with Crippen LogP contribution in [-0.4, -0.2) is 23.2 Å². The van der Waals surface area contributed by atoms with Gasteiger partial charge in [-0.2, -0.15) is 4.98 Å². The molecule has 0 radical (unpaired) electrons. The van der Waals surface area contributed by atoms with Gasteiger partial charge in [-0.1, -0.05) is 0 Å². The van der Waals surface area contributed by atoms with Crippen molar-refractivity contribution in [2.24, 2.45) is 11.7 Å². The summed E-state index contributed by atoms with van der Waals surface area (Å²) in [7, 11) is 0. The molecular formula is C10H16N4O. The molecule has 1 aromatic rings. The van der Waals surface area contributed by atoms with E-state index in [-0.39, 0.29) is 6.04 Å². The van der Waals surface area contributed by atoms with Crippen molar-refractivity contribution in [3.05, 3.63) is 5.89 Å². The Morgan fingerprint density at radius 3 is 2.73 bits per heavy atom. The second-order valence-electron chi connectivity index (χ2n) is 4.49. The predicted molar refractivity (Wildman–Crippen MR) is 55.4 cm³/mol. The smallest absolute Gasteiger partial charge is 0.266 e. The Bertz CT molecular complexity index is 324. The monoisotopic (exact) mass is 208 g/mol. The van der Waals surface area contributed by atoms with E-state index in [4.69, 9.17) is 10.3 Å². The summed E-state index contributed by atoms with van der Waals surface area (Å²) in [5.74, 6) is 1.90. The zero-order valence-electron chi connectivity index (χ0n) is 8.72. The van der Waals surface area contributed by atoms with Crippen LogP contribution in [0.5, 0.6) is 0 Å². The molecule has 1 atom stereocenters. The first-order valence-electron chi connectivity index (χ1n) is 5.69. The second-order valence-corrected chi connectivity index (χ2v) is 4.49.